The molecule has 0 aromatic carbocycles. The molecule has 6 radical (unpaired) electrons. The van der Waals surface area contributed by atoms with Crippen molar-refractivity contribution in [1.82, 2.24) is 0 Å². The molecule has 2 N–H and O–H groups in total. The van der Waals surface area contributed by atoms with Gasteiger partial charge in [-0.2, -0.15) is 0 Å². The third kappa shape index (κ3) is 5.17. The minimum atomic E-state index is -0.425. The summed E-state index contributed by atoms with van der Waals surface area (Å²) in [4.78, 5) is 12.5. The zero-order chi connectivity index (χ0) is 25.1. The first-order valence-electron chi connectivity index (χ1n) is 16.7. The number of hydrogen-bond acceptors (Lipinski definition) is 3. The Bertz CT molecular complexity index is 890. The van der Waals surface area contributed by atoms with Gasteiger partial charge in [0.15, 0.2) is 5.78 Å². The van der Waals surface area contributed by atoms with Crippen LogP contribution >= 0.6 is 0 Å². The fourth-order valence-corrected chi connectivity index (χ4v) is 12.2. The monoisotopic (exact) mass is 530 g/mol. The molecule has 0 saturated heterocycles. The molecule has 0 aliphatic heterocycles. The van der Waals surface area contributed by atoms with Crippen LogP contribution in [-0.2, 0) is 4.79 Å². The summed E-state index contributed by atoms with van der Waals surface area (Å²) in [7, 11) is 0. The van der Waals surface area contributed by atoms with Gasteiger partial charge in [-0.3, -0.25) is 4.79 Å². The minimum absolute atomic E-state index is 0. The van der Waals surface area contributed by atoms with Crippen LogP contribution in [0, 0.1) is 65.1 Å². The Kier molecular flexibility index (Phi) is 9.49. The molecule has 3 nitrogen and oxygen atoms in total. The van der Waals surface area contributed by atoms with E-state index in [1.165, 1.54) is 115 Å². The van der Waals surface area contributed by atoms with Crippen LogP contribution in [0.1, 0.15) is 116 Å². The molecule has 0 heterocycles. The average Bonchev–Trinajstić information content (AvgIpc) is 3.61. The fraction of sp³-hybridized carbons (Fsp3) is 0.912. The van der Waals surface area contributed by atoms with Crippen molar-refractivity contribution in [3.05, 3.63) is 11.6 Å². The lowest BCUT2D eigenvalue weighted by Crippen LogP contribution is -2.57. The summed E-state index contributed by atoms with van der Waals surface area (Å²) in [5.74, 6) is 8.00. The van der Waals surface area contributed by atoms with Crippen molar-refractivity contribution in [2.45, 2.75) is 128 Å². The number of rotatable bonds is 0. The Hall–Kier alpha value is -0.540. The molecule has 11 unspecified atom stereocenters. The van der Waals surface area contributed by atoms with E-state index in [9.17, 15) is 15.0 Å². The van der Waals surface area contributed by atoms with Crippen LogP contribution in [0.15, 0.2) is 11.6 Å². The number of carbonyl (C=O) groups is 1. The number of fused-ring (bicyclic) bond motifs is 10. The third-order valence-corrected chi connectivity index (χ3v) is 13.6. The highest BCUT2D eigenvalue weighted by Crippen LogP contribution is 2.58. The van der Waals surface area contributed by atoms with Crippen LogP contribution in [0.4, 0.5) is 0 Å². The highest BCUT2D eigenvalue weighted by molar-refractivity contribution is 5.94. The molecule has 8 aliphatic carbocycles. The first-order chi connectivity index (χ1) is 18.1. The summed E-state index contributed by atoms with van der Waals surface area (Å²) < 4.78 is 0. The van der Waals surface area contributed by atoms with Crippen molar-refractivity contribution in [1.29, 1.82) is 0 Å². The number of ketones is 1. The maximum absolute atomic E-state index is 12.5. The van der Waals surface area contributed by atoms with Crippen molar-refractivity contribution < 1.29 is 15.0 Å². The maximum atomic E-state index is 12.5. The summed E-state index contributed by atoms with van der Waals surface area (Å²) in [6.45, 7) is 0. The Balaban J connectivity index is 0.000000150. The van der Waals surface area contributed by atoms with Crippen LogP contribution < -0.4 is 0 Å². The van der Waals surface area contributed by atoms with Gasteiger partial charge in [0.2, 0.25) is 0 Å². The SMILES string of the molecule is O=C1C=C2CCCCC2C2CCC3CCCC3C12.O[C@@H]1C2CCCCC2C2CCC3CCCC3C2[C@H]1O.[B].[B]. The molecular weight excluding hydrogens is 478 g/mol. The summed E-state index contributed by atoms with van der Waals surface area (Å²) in [5, 5.41) is 21.3. The molecule has 0 aromatic heterocycles. The molecule has 13 atom stereocenters. The van der Waals surface area contributed by atoms with E-state index in [1.54, 1.807) is 0 Å². The van der Waals surface area contributed by atoms with E-state index < -0.39 is 12.2 Å². The molecule has 0 bridgehead atoms. The molecular formula is C34H52B2O3. The Morgan fingerprint density at radius 1 is 0.538 bits per heavy atom. The third-order valence-electron chi connectivity index (χ3n) is 13.6. The molecule has 0 amide bonds. The number of aliphatic hydroxyl groups is 2. The Morgan fingerprint density at radius 3 is 1.92 bits per heavy atom. The average molecular weight is 530 g/mol. The van der Waals surface area contributed by atoms with E-state index in [1.807, 2.05) is 0 Å². The second kappa shape index (κ2) is 12.4. The van der Waals surface area contributed by atoms with Crippen molar-refractivity contribution >= 4 is 22.6 Å². The van der Waals surface area contributed by atoms with Gasteiger partial charge < -0.3 is 10.2 Å². The van der Waals surface area contributed by atoms with Crippen LogP contribution in [0.25, 0.3) is 0 Å². The van der Waals surface area contributed by atoms with Crippen molar-refractivity contribution in [3.8, 4) is 0 Å². The van der Waals surface area contributed by atoms with Crippen LogP contribution in [0.2, 0.25) is 0 Å². The maximum Gasteiger partial charge on any atom is 0.159 e. The first-order valence-corrected chi connectivity index (χ1v) is 16.7. The van der Waals surface area contributed by atoms with E-state index in [0.29, 0.717) is 23.5 Å². The van der Waals surface area contributed by atoms with Gasteiger partial charge in [-0.1, -0.05) is 50.5 Å². The van der Waals surface area contributed by atoms with Gasteiger partial charge >= 0.3 is 0 Å². The van der Waals surface area contributed by atoms with Crippen LogP contribution in [-0.4, -0.2) is 45.0 Å². The first kappa shape index (κ1) is 29.9. The molecule has 8 aliphatic rings. The molecule has 5 heteroatoms. The van der Waals surface area contributed by atoms with Crippen molar-refractivity contribution in [2.75, 3.05) is 0 Å². The van der Waals surface area contributed by atoms with Crippen molar-refractivity contribution in [3.63, 3.8) is 0 Å². The van der Waals surface area contributed by atoms with Gasteiger partial charge in [0.05, 0.1) is 12.2 Å². The minimum Gasteiger partial charge on any atom is -0.390 e. The fourth-order valence-electron chi connectivity index (χ4n) is 12.2. The number of carbonyl (C=O) groups excluding carboxylic acids is 1. The summed E-state index contributed by atoms with van der Waals surface area (Å²) in [6, 6.07) is 0. The molecule has 8 rings (SSSR count). The summed E-state index contributed by atoms with van der Waals surface area (Å²) in [6.07, 6.45) is 25.3. The Labute approximate surface area is 241 Å². The van der Waals surface area contributed by atoms with Gasteiger partial charge in [-0.05, 0) is 136 Å². The van der Waals surface area contributed by atoms with Gasteiger partial charge in [0, 0.05) is 22.7 Å². The molecule has 7 fully saturated rings. The standard InChI is InChI=1S/C17H28O2.C17H24O.2B/c18-16-14-6-2-1-5-12(14)13-9-8-10-4-3-7-11(10)15(13)17(16)19;18-16-10-12-4-1-2-6-13(12)15-9-8-11-5-3-7-14(11)17(15)16;;/h10-19H,1-9H2;10-11,13-15,17H,1-9H2;;/t10?,11?,12?,13?,14?,15?,16-,17-;;;/m1.../s1. The number of hydrogen-bond donors (Lipinski definition) is 2. The highest BCUT2D eigenvalue weighted by atomic mass is 16.3. The molecule has 212 valence electrons. The smallest absolute Gasteiger partial charge is 0.159 e. The quantitative estimate of drug-likeness (QED) is 0.360. The number of allylic oxidation sites excluding steroid dienone is 2. The highest BCUT2D eigenvalue weighted by Gasteiger charge is 2.55. The predicted molar refractivity (Wildman–Crippen MR) is 158 cm³/mol. The van der Waals surface area contributed by atoms with Gasteiger partial charge in [-0.25, -0.2) is 0 Å². The number of aliphatic hydroxyl groups excluding tert-OH is 2. The second-order valence-corrected chi connectivity index (χ2v) is 14.9. The van der Waals surface area contributed by atoms with Crippen molar-refractivity contribution in [2.24, 2.45) is 65.1 Å². The lowest BCUT2D eigenvalue weighted by Gasteiger charge is -2.55. The van der Waals surface area contributed by atoms with E-state index in [2.05, 4.69) is 6.08 Å². The second-order valence-electron chi connectivity index (χ2n) is 14.9. The van der Waals surface area contributed by atoms with Gasteiger partial charge in [-0.15, -0.1) is 0 Å². The van der Waals surface area contributed by atoms with E-state index in [4.69, 9.17) is 0 Å². The summed E-state index contributed by atoms with van der Waals surface area (Å²) in [5.41, 5.74) is 1.53. The molecule has 0 aromatic rings. The molecule has 39 heavy (non-hydrogen) atoms. The van der Waals surface area contributed by atoms with E-state index in [-0.39, 0.29) is 16.8 Å². The van der Waals surface area contributed by atoms with E-state index in [0.717, 1.165) is 53.8 Å². The molecule has 7 saturated carbocycles. The van der Waals surface area contributed by atoms with E-state index >= 15 is 0 Å². The van der Waals surface area contributed by atoms with Gasteiger partial charge in [0.1, 0.15) is 0 Å². The normalized spacial score (nSPS) is 49.5. The lowest BCUT2D eigenvalue weighted by molar-refractivity contribution is -0.167. The lowest BCUT2D eigenvalue weighted by atomic mass is 9.52. The predicted octanol–water partition coefficient (Wildman–Crippen LogP) is 6.34. The zero-order valence-electron chi connectivity index (χ0n) is 24.3. The zero-order valence-corrected chi connectivity index (χ0v) is 24.3. The van der Waals surface area contributed by atoms with Crippen LogP contribution in [0.3, 0.4) is 0 Å². The summed E-state index contributed by atoms with van der Waals surface area (Å²) >= 11 is 0. The van der Waals surface area contributed by atoms with Gasteiger partial charge in [0.25, 0.3) is 0 Å². The van der Waals surface area contributed by atoms with Crippen LogP contribution in [0.5, 0.6) is 0 Å². The topological polar surface area (TPSA) is 57.5 Å². The largest absolute Gasteiger partial charge is 0.390 e. The molecule has 0 spiro atoms. The Morgan fingerprint density at radius 2 is 1.15 bits per heavy atom.